The van der Waals surface area contributed by atoms with Crippen molar-refractivity contribution in [2.45, 2.75) is 25.6 Å². The first-order chi connectivity index (χ1) is 13.0. The Morgan fingerprint density at radius 3 is 2.63 bits per heavy atom. The highest BCUT2D eigenvalue weighted by molar-refractivity contribution is 8.01. The molecule has 0 spiro atoms. The van der Waals surface area contributed by atoms with Crippen molar-refractivity contribution in [2.24, 2.45) is 0 Å². The van der Waals surface area contributed by atoms with Crippen molar-refractivity contribution in [2.75, 3.05) is 31.3 Å². The van der Waals surface area contributed by atoms with Gasteiger partial charge >= 0.3 is 0 Å². The Hall–Kier alpha value is -2.25. The zero-order valence-electron chi connectivity index (χ0n) is 15.9. The lowest BCUT2D eigenvalue weighted by atomic mass is 10.2. The van der Waals surface area contributed by atoms with Crippen LogP contribution < -0.4 is 5.32 Å². The zero-order chi connectivity index (χ0) is 19.6. The predicted molar refractivity (Wildman–Crippen MR) is 108 cm³/mol. The van der Waals surface area contributed by atoms with E-state index < -0.39 is 0 Å². The summed E-state index contributed by atoms with van der Waals surface area (Å²) in [4.78, 5) is 26.6. The Balaban J connectivity index is 1.85. The van der Waals surface area contributed by atoms with Crippen LogP contribution in [0.3, 0.4) is 0 Å². The fraction of sp³-hybridized carbons (Fsp3) is 0.400. The van der Waals surface area contributed by atoms with Crippen LogP contribution in [0.5, 0.6) is 0 Å². The summed E-state index contributed by atoms with van der Waals surface area (Å²) in [5.74, 6) is 0.753. The van der Waals surface area contributed by atoms with Gasteiger partial charge in [-0.3, -0.25) is 9.59 Å². The van der Waals surface area contributed by atoms with Crippen LogP contribution in [0.1, 0.15) is 18.2 Å². The van der Waals surface area contributed by atoms with Crippen LogP contribution in [-0.2, 0) is 20.9 Å². The number of carbonyl (C=O) groups is 2. The molecular formula is C20H26N2O4S. The maximum absolute atomic E-state index is 12.8. The minimum Gasteiger partial charge on any atom is -0.467 e. The molecule has 6 nitrogen and oxygen atoms in total. The highest BCUT2D eigenvalue weighted by atomic mass is 32.2. The van der Waals surface area contributed by atoms with E-state index in [1.807, 2.05) is 44.2 Å². The topological polar surface area (TPSA) is 71.8 Å². The van der Waals surface area contributed by atoms with E-state index in [0.717, 1.165) is 11.3 Å². The number of methoxy groups -OCH3 is 1. The van der Waals surface area contributed by atoms with Crippen LogP contribution >= 0.6 is 11.8 Å². The zero-order valence-corrected chi connectivity index (χ0v) is 16.8. The molecule has 1 aromatic heterocycles. The van der Waals surface area contributed by atoms with Gasteiger partial charge in [-0.1, -0.05) is 17.7 Å². The molecular weight excluding hydrogens is 364 g/mol. The van der Waals surface area contributed by atoms with Crippen molar-refractivity contribution in [1.82, 2.24) is 4.90 Å². The summed E-state index contributed by atoms with van der Waals surface area (Å²) < 4.78 is 10.4. The maximum atomic E-state index is 12.8. The lowest BCUT2D eigenvalue weighted by Gasteiger charge is -2.24. The third-order valence-corrected chi connectivity index (χ3v) is 5.08. The second-order valence-corrected chi connectivity index (χ2v) is 7.53. The Morgan fingerprint density at radius 1 is 1.26 bits per heavy atom. The van der Waals surface area contributed by atoms with Gasteiger partial charge in [0.2, 0.25) is 11.8 Å². The van der Waals surface area contributed by atoms with E-state index in [0.29, 0.717) is 25.5 Å². The average molecular weight is 391 g/mol. The number of thioether (sulfide) groups is 1. The molecule has 0 fully saturated rings. The number of hydrogen-bond acceptors (Lipinski definition) is 5. The number of ether oxygens (including phenoxy) is 1. The van der Waals surface area contributed by atoms with E-state index >= 15 is 0 Å². The van der Waals surface area contributed by atoms with Crippen LogP contribution in [0.15, 0.2) is 47.1 Å². The monoisotopic (exact) mass is 390 g/mol. The second kappa shape index (κ2) is 10.8. The lowest BCUT2D eigenvalue weighted by molar-refractivity contribution is -0.131. The van der Waals surface area contributed by atoms with Gasteiger partial charge in [0, 0.05) is 19.3 Å². The normalized spacial score (nSPS) is 11.8. The van der Waals surface area contributed by atoms with Crippen LogP contribution in [0.4, 0.5) is 5.69 Å². The van der Waals surface area contributed by atoms with Crippen molar-refractivity contribution in [1.29, 1.82) is 0 Å². The molecule has 1 N–H and O–H groups in total. The molecule has 2 rings (SSSR count). The molecule has 0 saturated carbocycles. The van der Waals surface area contributed by atoms with Gasteiger partial charge in [0.1, 0.15) is 5.76 Å². The summed E-state index contributed by atoms with van der Waals surface area (Å²) in [6.07, 6.45) is 1.59. The van der Waals surface area contributed by atoms with Gasteiger partial charge < -0.3 is 19.4 Å². The van der Waals surface area contributed by atoms with E-state index in [1.54, 1.807) is 24.3 Å². The molecule has 0 radical (unpaired) electrons. The van der Waals surface area contributed by atoms with Crippen molar-refractivity contribution in [3.63, 3.8) is 0 Å². The molecule has 0 aliphatic rings. The third-order valence-electron chi connectivity index (χ3n) is 3.95. The van der Waals surface area contributed by atoms with Gasteiger partial charge in [-0.05, 0) is 38.1 Å². The van der Waals surface area contributed by atoms with E-state index in [-0.39, 0.29) is 22.8 Å². The number of benzene rings is 1. The quantitative estimate of drug-likeness (QED) is 0.674. The minimum atomic E-state index is -0.347. The standard InChI is InChI=1S/C20H26N2O4S/c1-15-6-8-17(9-7-15)21-19(23)14-27-16(2)20(24)22(10-12-25-3)13-18-5-4-11-26-18/h4-9,11,16H,10,12-14H2,1-3H3,(H,21,23). The lowest BCUT2D eigenvalue weighted by Crippen LogP contribution is -2.38. The molecule has 2 aromatic rings. The number of carbonyl (C=O) groups excluding carboxylic acids is 2. The van der Waals surface area contributed by atoms with E-state index in [2.05, 4.69) is 5.32 Å². The van der Waals surface area contributed by atoms with Gasteiger partial charge in [-0.2, -0.15) is 0 Å². The fourth-order valence-corrected chi connectivity index (χ4v) is 3.19. The molecule has 7 heteroatoms. The highest BCUT2D eigenvalue weighted by Gasteiger charge is 2.22. The highest BCUT2D eigenvalue weighted by Crippen LogP contribution is 2.17. The third kappa shape index (κ3) is 7.11. The second-order valence-electron chi connectivity index (χ2n) is 6.20. The van der Waals surface area contributed by atoms with Crippen molar-refractivity contribution < 1.29 is 18.7 Å². The first-order valence-electron chi connectivity index (χ1n) is 8.78. The molecule has 0 aliphatic carbocycles. The number of furan rings is 1. The number of nitrogens with zero attached hydrogens (tertiary/aromatic N) is 1. The fourth-order valence-electron chi connectivity index (χ4n) is 2.42. The smallest absolute Gasteiger partial charge is 0.235 e. The molecule has 1 unspecified atom stereocenters. The number of amides is 2. The first-order valence-corrected chi connectivity index (χ1v) is 9.82. The molecule has 0 saturated heterocycles. The van der Waals surface area contributed by atoms with Gasteiger partial charge in [0.05, 0.1) is 30.4 Å². The number of aryl methyl sites for hydroxylation is 1. The molecule has 1 heterocycles. The predicted octanol–water partition coefficient (Wildman–Crippen LogP) is 3.32. The molecule has 2 amide bonds. The number of hydrogen-bond donors (Lipinski definition) is 1. The summed E-state index contributed by atoms with van der Waals surface area (Å²) in [5.41, 5.74) is 1.89. The average Bonchev–Trinajstić information content (AvgIpc) is 3.17. The number of rotatable bonds is 10. The molecule has 146 valence electrons. The maximum Gasteiger partial charge on any atom is 0.235 e. The van der Waals surface area contributed by atoms with Crippen LogP contribution in [0.2, 0.25) is 0 Å². The summed E-state index contributed by atoms with van der Waals surface area (Å²) in [7, 11) is 1.60. The van der Waals surface area contributed by atoms with Crippen LogP contribution in [0, 0.1) is 6.92 Å². The van der Waals surface area contributed by atoms with Crippen LogP contribution in [-0.4, -0.2) is 48.0 Å². The summed E-state index contributed by atoms with van der Waals surface area (Å²) >= 11 is 1.31. The SMILES string of the molecule is COCCN(Cc1ccco1)C(=O)C(C)SCC(=O)Nc1ccc(C)cc1. The van der Waals surface area contributed by atoms with E-state index in [1.165, 1.54) is 11.8 Å². The Morgan fingerprint density at radius 2 is 2.00 bits per heavy atom. The summed E-state index contributed by atoms with van der Waals surface area (Å²) in [6, 6.07) is 11.2. The van der Waals surface area contributed by atoms with E-state index in [9.17, 15) is 9.59 Å². The summed E-state index contributed by atoms with van der Waals surface area (Å²) in [6.45, 7) is 5.10. The van der Waals surface area contributed by atoms with Crippen LogP contribution in [0.25, 0.3) is 0 Å². The molecule has 0 bridgehead atoms. The van der Waals surface area contributed by atoms with Gasteiger partial charge in [-0.15, -0.1) is 11.8 Å². The Bertz CT molecular complexity index is 716. The number of anilines is 1. The molecule has 27 heavy (non-hydrogen) atoms. The van der Waals surface area contributed by atoms with Crippen molar-refractivity contribution in [3.05, 3.63) is 54.0 Å². The molecule has 0 aliphatic heterocycles. The number of nitrogens with one attached hydrogen (secondary N) is 1. The van der Waals surface area contributed by atoms with E-state index in [4.69, 9.17) is 9.15 Å². The van der Waals surface area contributed by atoms with Gasteiger partial charge in [0.25, 0.3) is 0 Å². The molecule has 1 atom stereocenters. The Labute approximate surface area is 164 Å². The summed E-state index contributed by atoms with van der Waals surface area (Å²) in [5, 5.41) is 2.50. The first kappa shape index (κ1) is 21.1. The minimum absolute atomic E-state index is 0.0448. The van der Waals surface area contributed by atoms with Crippen molar-refractivity contribution in [3.8, 4) is 0 Å². The van der Waals surface area contributed by atoms with Crippen molar-refractivity contribution >= 4 is 29.3 Å². The van der Waals surface area contributed by atoms with Gasteiger partial charge in [0.15, 0.2) is 0 Å². The Kier molecular flexibility index (Phi) is 8.42. The van der Waals surface area contributed by atoms with Gasteiger partial charge in [-0.25, -0.2) is 0 Å². The molecule has 1 aromatic carbocycles. The largest absolute Gasteiger partial charge is 0.467 e.